The molecule has 2 aromatic rings. The lowest BCUT2D eigenvalue weighted by Gasteiger charge is -2.11. The summed E-state index contributed by atoms with van der Waals surface area (Å²) in [6.07, 6.45) is 5.12. The van der Waals surface area contributed by atoms with E-state index in [1.54, 1.807) is 18.6 Å². The molecule has 5 heteroatoms. The fraction of sp³-hybridized carbons (Fsp3) is 0.333. The Morgan fingerprint density at radius 1 is 1.15 bits per heavy atom. The van der Waals surface area contributed by atoms with Crippen molar-refractivity contribution in [3.63, 3.8) is 0 Å². The molecule has 0 saturated carbocycles. The molecule has 0 saturated heterocycles. The molecule has 0 spiro atoms. The van der Waals surface area contributed by atoms with Crippen LogP contribution in [0.25, 0.3) is 0 Å². The van der Waals surface area contributed by atoms with E-state index in [0.717, 1.165) is 23.7 Å². The van der Waals surface area contributed by atoms with E-state index in [-0.39, 0.29) is 0 Å². The molecule has 0 aliphatic carbocycles. The maximum absolute atomic E-state index is 5.64. The summed E-state index contributed by atoms with van der Waals surface area (Å²) in [5.41, 5.74) is 1.95. The van der Waals surface area contributed by atoms with E-state index in [0.29, 0.717) is 13.2 Å². The van der Waals surface area contributed by atoms with Crippen LogP contribution in [0.3, 0.4) is 0 Å². The van der Waals surface area contributed by atoms with Gasteiger partial charge in [-0.05, 0) is 38.4 Å². The van der Waals surface area contributed by atoms with Crippen molar-refractivity contribution in [2.24, 2.45) is 0 Å². The first-order valence-corrected chi connectivity index (χ1v) is 6.60. The van der Waals surface area contributed by atoms with Gasteiger partial charge in [0.2, 0.25) is 0 Å². The number of rotatable bonds is 7. The van der Waals surface area contributed by atoms with Crippen molar-refractivity contribution in [3.05, 3.63) is 48.5 Å². The fourth-order valence-corrected chi connectivity index (χ4v) is 1.63. The zero-order valence-corrected chi connectivity index (χ0v) is 11.9. The molecule has 0 atom stereocenters. The SMILES string of the molecule is CN(C)CCOc1ccc(NCc2cnccn2)cc1. The molecule has 0 bridgehead atoms. The molecule has 1 aromatic heterocycles. The zero-order valence-electron chi connectivity index (χ0n) is 11.9. The van der Waals surface area contributed by atoms with Crippen molar-refractivity contribution in [1.82, 2.24) is 14.9 Å². The van der Waals surface area contributed by atoms with Gasteiger partial charge in [0.1, 0.15) is 12.4 Å². The van der Waals surface area contributed by atoms with Crippen LogP contribution in [0.1, 0.15) is 5.69 Å². The third-order valence-corrected chi connectivity index (χ3v) is 2.75. The van der Waals surface area contributed by atoms with Crippen LogP contribution in [-0.4, -0.2) is 42.1 Å². The number of nitrogens with one attached hydrogen (secondary N) is 1. The van der Waals surface area contributed by atoms with E-state index in [1.807, 2.05) is 38.4 Å². The van der Waals surface area contributed by atoms with Gasteiger partial charge in [0.15, 0.2) is 0 Å². The van der Waals surface area contributed by atoms with Gasteiger partial charge in [-0.3, -0.25) is 9.97 Å². The Morgan fingerprint density at radius 3 is 2.60 bits per heavy atom. The molecule has 5 nitrogen and oxygen atoms in total. The molecule has 0 radical (unpaired) electrons. The molecule has 1 heterocycles. The molecular weight excluding hydrogens is 252 g/mol. The van der Waals surface area contributed by atoms with Gasteiger partial charge >= 0.3 is 0 Å². The van der Waals surface area contributed by atoms with Crippen LogP contribution in [0.15, 0.2) is 42.9 Å². The highest BCUT2D eigenvalue weighted by Gasteiger charge is 1.97. The lowest BCUT2D eigenvalue weighted by atomic mass is 10.3. The second-order valence-electron chi connectivity index (χ2n) is 4.73. The number of hydrogen-bond acceptors (Lipinski definition) is 5. The Morgan fingerprint density at radius 2 is 1.95 bits per heavy atom. The van der Waals surface area contributed by atoms with Crippen LogP contribution in [0, 0.1) is 0 Å². The van der Waals surface area contributed by atoms with Crippen molar-refractivity contribution in [1.29, 1.82) is 0 Å². The van der Waals surface area contributed by atoms with E-state index in [1.165, 1.54) is 0 Å². The first-order chi connectivity index (χ1) is 9.74. The summed E-state index contributed by atoms with van der Waals surface area (Å²) in [5.74, 6) is 0.886. The largest absolute Gasteiger partial charge is 0.492 e. The number of hydrogen-bond donors (Lipinski definition) is 1. The molecule has 1 aromatic carbocycles. The van der Waals surface area contributed by atoms with Gasteiger partial charge in [-0.2, -0.15) is 0 Å². The molecule has 20 heavy (non-hydrogen) atoms. The number of benzene rings is 1. The average molecular weight is 272 g/mol. The lowest BCUT2D eigenvalue weighted by Crippen LogP contribution is -2.19. The number of ether oxygens (including phenoxy) is 1. The third kappa shape index (κ3) is 4.85. The predicted octanol–water partition coefficient (Wildman–Crippen LogP) is 2.03. The van der Waals surface area contributed by atoms with Crippen molar-refractivity contribution < 1.29 is 4.74 Å². The minimum absolute atomic E-state index is 0.661. The van der Waals surface area contributed by atoms with Gasteiger partial charge in [-0.15, -0.1) is 0 Å². The van der Waals surface area contributed by atoms with E-state index < -0.39 is 0 Å². The van der Waals surface area contributed by atoms with Crippen LogP contribution in [-0.2, 0) is 6.54 Å². The normalized spacial score (nSPS) is 10.6. The van der Waals surface area contributed by atoms with Crippen molar-refractivity contribution in [3.8, 4) is 5.75 Å². The highest BCUT2D eigenvalue weighted by molar-refractivity contribution is 5.46. The molecular formula is C15H20N4O. The maximum atomic E-state index is 5.64. The number of anilines is 1. The molecule has 0 fully saturated rings. The van der Waals surface area contributed by atoms with E-state index >= 15 is 0 Å². The second kappa shape index (κ2) is 7.45. The van der Waals surface area contributed by atoms with Gasteiger partial charge in [-0.1, -0.05) is 0 Å². The Bertz CT molecular complexity index is 499. The molecule has 0 aliphatic rings. The molecule has 1 N–H and O–H groups in total. The van der Waals surface area contributed by atoms with Gasteiger partial charge < -0.3 is 15.0 Å². The predicted molar refractivity (Wildman–Crippen MR) is 79.8 cm³/mol. The summed E-state index contributed by atoms with van der Waals surface area (Å²) in [7, 11) is 4.06. The molecule has 106 valence electrons. The summed E-state index contributed by atoms with van der Waals surface area (Å²) in [6.45, 7) is 2.26. The van der Waals surface area contributed by atoms with Crippen molar-refractivity contribution in [2.75, 3.05) is 32.6 Å². The van der Waals surface area contributed by atoms with E-state index in [2.05, 4.69) is 20.2 Å². The molecule has 0 amide bonds. The van der Waals surface area contributed by atoms with Crippen LogP contribution >= 0.6 is 0 Å². The average Bonchev–Trinajstić information content (AvgIpc) is 2.47. The summed E-state index contributed by atoms with van der Waals surface area (Å²) >= 11 is 0. The van der Waals surface area contributed by atoms with Crippen molar-refractivity contribution >= 4 is 5.69 Å². The Hall–Kier alpha value is -2.14. The zero-order chi connectivity index (χ0) is 14.2. The monoisotopic (exact) mass is 272 g/mol. The molecule has 0 unspecified atom stereocenters. The highest BCUT2D eigenvalue weighted by Crippen LogP contribution is 2.16. The Kier molecular flexibility index (Phi) is 5.32. The van der Waals surface area contributed by atoms with Crippen LogP contribution < -0.4 is 10.1 Å². The topological polar surface area (TPSA) is 50.3 Å². The Labute approximate surface area is 119 Å². The van der Waals surface area contributed by atoms with Gasteiger partial charge in [0, 0.05) is 24.6 Å². The van der Waals surface area contributed by atoms with Crippen molar-refractivity contribution in [2.45, 2.75) is 6.54 Å². The second-order valence-corrected chi connectivity index (χ2v) is 4.73. The summed E-state index contributed by atoms with van der Waals surface area (Å²) in [4.78, 5) is 10.3. The molecule has 0 aliphatic heterocycles. The van der Waals surface area contributed by atoms with E-state index in [4.69, 9.17) is 4.74 Å². The van der Waals surface area contributed by atoms with Gasteiger partial charge in [0.25, 0.3) is 0 Å². The summed E-state index contributed by atoms with van der Waals surface area (Å²) < 4.78 is 5.64. The molecule has 2 rings (SSSR count). The minimum atomic E-state index is 0.661. The third-order valence-electron chi connectivity index (χ3n) is 2.75. The van der Waals surface area contributed by atoms with Gasteiger partial charge in [0.05, 0.1) is 18.4 Å². The maximum Gasteiger partial charge on any atom is 0.119 e. The number of aromatic nitrogens is 2. The fourth-order valence-electron chi connectivity index (χ4n) is 1.63. The lowest BCUT2D eigenvalue weighted by molar-refractivity contribution is 0.261. The first kappa shape index (κ1) is 14.3. The van der Waals surface area contributed by atoms with Gasteiger partial charge in [-0.25, -0.2) is 0 Å². The highest BCUT2D eigenvalue weighted by atomic mass is 16.5. The van der Waals surface area contributed by atoms with Crippen LogP contribution in [0.5, 0.6) is 5.75 Å². The summed E-state index contributed by atoms with van der Waals surface area (Å²) in [6, 6.07) is 7.94. The standard InChI is InChI=1S/C15H20N4O/c1-19(2)9-10-20-15-5-3-13(4-6-15)18-12-14-11-16-7-8-17-14/h3-8,11,18H,9-10,12H2,1-2H3. The smallest absolute Gasteiger partial charge is 0.119 e. The van der Waals surface area contributed by atoms with Crippen LogP contribution in [0.2, 0.25) is 0 Å². The quantitative estimate of drug-likeness (QED) is 0.835. The first-order valence-electron chi connectivity index (χ1n) is 6.60. The Balaban J connectivity index is 1.79. The number of nitrogens with zero attached hydrogens (tertiary/aromatic N) is 3. The van der Waals surface area contributed by atoms with Crippen LogP contribution in [0.4, 0.5) is 5.69 Å². The minimum Gasteiger partial charge on any atom is -0.492 e. The summed E-state index contributed by atoms with van der Waals surface area (Å²) in [5, 5.41) is 3.30. The number of likely N-dealkylation sites (N-methyl/N-ethyl adjacent to an activating group) is 1. The van der Waals surface area contributed by atoms with E-state index in [9.17, 15) is 0 Å².